The first-order valence-electron chi connectivity index (χ1n) is 10.3. The van der Waals surface area contributed by atoms with Crippen LogP contribution < -0.4 is 0 Å². The summed E-state index contributed by atoms with van der Waals surface area (Å²) in [6.07, 6.45) is 5.35. The van der Waals surface area contributed by atoms with Crippen molar-refractivity contribution in [2.24, 2.45) is 11.8 Å². The van der Waals surface area contributed by atoms with Crippen molar-refractivity contribution in [2.45, 2.75) is 71.0 Å². The van der Waals surface area contributed by atoms with Crippen LogP contribution in [-0.2, 0) is 23.7 Å². The molecular formula is C21H31N3O6. The monoisotopic (exact) mass is 421 g/mol. The van der Waals surface area contributed by atoms with E-state index in [9.17, 15) is 9.59 Å². The second-order valence-corrected chi connectivity index (χ2v) is 8.57. The fraction of sp³-hybridized carbons (Fsp3) is 0.714. The van der Waals surface area contributed by atoms with Gasteiger partial charge in [-0.3, -0.25) is 4.79 Å². The summed E-state index contributed by atoms with van der Waals surface area (Å²) in [6, 6.07) is -0.225. The molecule has 0 spiro atoms. The first-order chi connectivity index (χ1) is 14.1. The summed E-state index contributed by atoms with van der Waals surface area (Å²) in [5.74, 6) is -1.53. The third kappa shape index (κ3) is 4.73. The Morgan fingerprint density at radius 3 is 2.60 bits per heavy atom. The summed E-state index contributed by atoms with van der Waals surface area (Å²) in [4.78, 5) is 27.9. The van der Waals surface area contributed by atoms with E-state index >= 15 is 0 Å². The summed E-state index contributed by atoms with van der Waals surface area (Å²) < 4.78 is 23.8. The molecule has 1 heterocycles. The van der Waals surface area contributed by atoms with Gasteiger partial charge in [-0.25, -0.2) is 14.5 Å². The van der Waals surface area contributed by atoms with Crippen molar-refractivity contribution in [2.75, 3.05) is 14.2 Å². The number of ether oxygens (including phenoxy) is 4. The van der Waals surface area contributed by atoms with E-state index in [4.69, 9.17) is 18.9 Å². The molecule has 9 nitrogen and oxygen atoms in total. The zero-order valence-electron chi connectivity index (χ0n) is 18.5. The number of esters is 2. The molecule has 0 aliphatic heterocycles. The van der Waals surface area contributed by atoms with Crippen molar-refractivity contribution in [1.29, 1.82) is 0 Å². The van der Waals surface area contributed by atoms with Crippen molar-refractivity contribution in [3.05, 3.63) is 23.8 Å². The molecule has 0 bridgehead atoms. The van der Waals surface area contributed by atoms with Gasteiger partial charge in [-0.2, -0.15) is 0 Å². The van der Waals surface area contributed by atoms with Gasteiger partial charge in [0.25, 0.3) is 5.82 Å². The highest BCUT2D eigenvalue weighted by atomic mass is 16.7. The average Bonchev–Trinajstić information content (AvgIpc) is 3.30. The first-order valence-corrected chi connectivity index (χ1v) is 10.3. The zero-order valence-corrected chi connectivity index (χ0v) is 18.5. The van der Waals surface area contributed by atoms with Crippen molar-refractivity contribution in [3.63, 3.8) is 0 Å². The molecule has 3 rings (SSSR count). The maximum absolute atomic E-state index is 12.0. The van der Waals surface area contributed by atoms with Gasteiger partial charge in [-0.15, -0.1) is 5.10 Å². The average molecular weight is 421 g/mol. The standard InChI is InChI=1S/C21H31N3O6/c1-12(2)19(25)29-14-7-8-15-13(9-14)10-16(30-21(3,4)28-6)17(15)24-11-22-18(23-24)20(26)27-5/h8,11-14,16-17H,7,9-10H2,1-6H3/t13?,14-,16-,17-/m1/s1. The van der Waals surface area contributed by atoms with Crippen LogP contribution in [0.4, 0.5) is 0 Å². The molecule has 1 fully saturated rings. The van der Waals surface area contributed by atoms with Crippen LogP contribution in [0.15, 0.2) is 18.0 Å². The predicted octanol–water partition coefficient (Wildman–Crippen LogP) is 2.68. The van der Waals surface area contributed by atoms with Gasteiger partial charge >= 0.3 is 11.9 Å². The van der Waals surface area contributed by atoms with E-state index < -0.39 is 11.8 Å². The number of carbonyl (C=O) groups is 2. The topological polar surface area (TPSA) is 102 Å². The van der Waals surface area contributed by atoms with E-state index in [1.807, 2.05) is 27.7 Å². The lowest BCUT2D eigenvalue weighted by molar-refractivity contribution is -0.227. The smallest absolute Gasteiger partial charge is 0.377 e. The van der Waals surface area contributed by atoms with Crippen molar-refractivity contribution < 1.29 is 28.5 Å². The number of carbonyl (C=O) groups excluding carboxylic acids is 2. The molecule has 0 aromatic carbocycles. The number of fused-ring (bicyclic) bond motifs is 1. The molecule has 0 saturated heterocycles. The van der Waals surface area contributed by atoms with E-state index in [-0.39, 0.29) is 41.9 Å². The van der Waals surface area contributed by atoms with Crippen molar-refractivity contribution >= 4 is 11.9 Å². The minimum atomic E-state index is -0.785. The number of aromatic nitrogens is 3. The molecule has 0 radical (unpaired) electrons. The lowest BCUT2D eigenvalue weighted by Crippen LogP contribution is -2.35. The van der Waals surface area contributed by atoms with Gasteiger partial charge in [0, 0.05) is 13.5 Å². The molecule has 2 aliphatic carbocycles. The quantitative estimate of drug-likeness (QED) is 0.376. The SMILES string of the molecule is COC(=O)c1ncn([C@@H]2C3=CC[C@@H](OC(=O)C(C)C)CC3C[C@H]2OC(C)(C)OC)n1. The Balaban J connectivity index is 1.86. The van der Waals surface area contributed by atoms with Crippen LogP contribution in [0.1, 0.15) is 63.6 Å². The Morgan fingerprint density at radius 1 is 1.23 bits per heavy atom. The van der Waals surface area contributed by atoms with Crippen LogP contribution in [0.2, 0.25) is 0 Å². The number of hydrogen-bond acceptors (Lipinski definition) is 8. The molecule has 30 heavy (non-hydrogen) atoms. The Bertz CT molecular complexity index is 815. The molecular weight excluding hydrogens is 390 g/mol. The molecule has 4 atom stereocenters. The molecule has 2 aliphatic rings. The van der Waals surface area contributed by atoms with Gasteiger partial charge in [0.15, 0.2) is 5.79 Å². The third-order valence-electron chi connectivity index (χ3n) is 5.69. The molecule has 1 saturated carbocycles. The largest absolute Gasteiger partial charge is 0.463 e. The van der Waals surface area contributed by atoms with Crippen LogP contribution in [0.25, 0.3) is 0 Å². The van der Waals surface area contributed by atoms with E-state index in [1.165, 1.54) is 13.4 Å². The van der Waals surface area contributed by atoms with Crippen molar-refractivity contribution in [3.8, 4) is 0 Å². The Morgan fingerprint density at radius 2 is 1.97 bits per heavy atom. The summed E-state index contributed by atoms with van der Waals surface area (Å²) >= 11 is 0. The highest BCUT2D eigenvalue weighted by Crippen LogP contribution is 2.47. The predicted molar refractivity (Wildman–Crippen MR) is 107 cm³/mol. The van der Waals surface area contributed by atoms with Crippen LogP contribution in [0, 0.1) is 11.8 Å². The molecule has 166 valence electrons. The molecule has 1 aromatic rings. The molecule has 0 amide bonds. The lowest BCUT2D eigenvalue weighted by atomic mass is 9.87. The maximum atomic E-state index is 12.0. The van der Waals surface area contributed by atoms with E-state index in [0.29, 0.717) is 6.42 Å². The number of methoxy groups -OCH3 is 2. The van der Waals surface area contributed by atoms with Gasteiger partial charge < -0.3 is 18.9 Å². The van der Waals surface area contributed by atoms with Gasteiger partial charge in [0.1, 0.15) is 18.5 Å². The molecule has 9 heteroatoms. The van der Waals surface area contributed by atoms with Crippen LogP contribution in [0.5, 0.6) is 0 Å². The van der Waals surface area contributed by atoms with Crippen LogP contribution >= 0.6 is 0 Å². The van der Waals surface area contributed by atoms with E-state index in [0.717, 1.165) is 18.4 Å². The van der Waals surface area contributed by atoms with Gasteiger partial charge in [-0.1, -0.05) is 19.9 Å². The van der Waals surface area contributed by atoms with E-state index in [2.05, 4.69) is 16.2 Å². The zero-order chi connectivity index (χ0) is 22.1. The number of rotatable bonds is 7. The summed E-state index contributed by atoms with van der Waals surface area (Å²) in [7, 11) is 2.90. The third-order valence-corrected chi connectivity index (χ3v) is 5.69. The second kappa shape index (κ2) is 8.85. The Labute approximate surface area is 176 Å². The van der Waals surface area contributed by atoms with E-state index in [1.54, 1.807) is 11.8 Å². The minimum Gasteiger partial charge on any atom is -0.463 e. The summed E-state index contributed by atoms with van der Waals surface area (Å²) in [5.41, 5.74) is 1.16. The first kappa shape index (κ1) is 22.4. The van der Waals surface area contributed by atoms with Crippen molar-refractivity contribution in [1.82, 2.24) is 14.8 Å². The molecule has 1 aromatic heterocycles. The minimum absolute atomic E-state index is 0.00542. The molecule has 1 unspecified atom stereocenters. The summed E-state index contributed by atoms with van der Waals surface area (Å²) in [5, 5.41) is 4.33. The Hall–Kier alpha value is -2.26. The van der Waals surface area contributed by atoms with Gasteiger partial charge in [-0.05, 0) is 38.2 Å². The normalized spacial score (nSPS) is 26.3. The highest BCUT2D eigenvalue weighted by Gasteiger charge is 2.46. The number of hydrogen-bond donors (Lipinski definition) is 0. The maximum Gasteiger partial charge on any atom is 0.377 e. The highest BCUT2D eigenvalue weighted by molar-refractivity contribution is 5.84. The fourth-order valence-corrected chi connectivity index (χ4v) is 4.04. The van der Waals surface area contributed by atoms with Gasteiger partial charge in [0.2, 0.25) is 0 Å². The fourth-order valence-electron chi connectivity index (χ4n) is 4.04. The van der Waals surface area contributed by atoms with Gasteiger partial charge in [0.05, 0.1) is 19.1 Å². The Kier molecular flexibility index (Phi) is 6.62. The molecule has 0 N–H and O–H groups in total. The number of nitrogens with zero attached hydrogens (tertiary/aromatic N) is 3. The van der Waals surface area contributed by atoms with Crippen LogP contribution in [-0.4, -0.2) is 58.9 Å². The second-order valence-electron chi connectivity index (χ2n) is 8.57. The van der Waals surface area contributed by atoms with Crippen LogP contribution in [0.3, 0.4) is 0 Å². The summed E-state index contributed by atoms with van der Waals surface area (Å²) in [6.45, 7) is 7.38. The lowest BCUT2D eigenvalue weighted by Gasteiger charge is -2.31.